The Balaban J connectivity index is 0. The lowest BCUT2D eigenvalue weighted by Crippen LogP contribution is -1.92. The van der Waals surface area contributed by atoms with Crippen molar-refractivity contribution in [3.05, 3.63) is 0 Å². The third-order valence-corrected chi connectivity index (χ3v) is 0.380. The largest absolute Gasteiger partial charge is 0.277 e. The molecular formula is C3H3Cl3NPS. The number of hydrogen-bond donors (Lipinski definition) is 0. The summed E-state index contributed by atoms with van der Waals surface area (Å²) in [6.45, 7) is 1.91. The van der Waals surface area contributed by atoms with Crippen LogP contribution in [0.2, 0.25) is 0 Å². The predicted octanol–water partition coefficient (Wildman–Crippen LogP) is 2.90. The van der Waals surface area contributed by atoms with E-state index in [0.717, 1.165) is 7.36 Å². The van der Waals surface area contributed by atoms with Crippen molar-refractivity contribution in [1.82, 2.24) is 0 Å². The second-order valence-corrected chi connectivity index (χ2v) is 4.53. The summed E-state index contributed by atoms with van der Waals surface area (Å²) in [4.78, 5) is 0. The lowest BCUT2D eigenvalue weighted by Gasteiger charge is -1.90. The molecule has 0 saturated heterocycles. The van der Waals surface area contributed by atoms with E-state index in [9.17, 15) is 0 Å². The Bertz CT molecular complexity index is 115. The molecule has 52 valence electrons. The number of halogens is 3. The molecule has 0 bridgehead atoms. The van der Waals surface area contributed by atoms with Crippen LogP contribution in [0.1, 0.15) is 0 Å². The predicted molar refractivity (Wildman–Crippen MR) is 46.1 cm³/mol. The maximum absolute atomic E-state index is 7.76. The Morgan fingerprint density at radius 1 is 1.56 bits per heavy atom. The molecule has 6 heteroatoms. The fourth-order valence-corrected chi connectivity index (χ4v) is 0. The molecule has 0 aliphatic heterocycles. The smallest absolute Gasteiger partial charge is 0.194 e. The van der Waals surface area contributed by atoms with Crippen molar-refractivity contribution in [3.63, 3.8) is 0 Å². The van der Waals surface area contributed by atoms with Gasteiger partial charge in [0.05, 0.1) is 0 Å². The third kappa shape index (κ3) is 27.9. The van der Waals surface area contributed by atoms with Gasteiger partial charge in [0, 0.05) is 0 Å². The summed E-state index contributed by atoms with van der Waals surface area (Å²) < 4.78 is -1.74. The molecule has 0 rings (SSSR count). The van der Waals surface area contributed by atoms with Crippen molar-refractivity contribution in [3.8, 4) is 6.07 Å². The molecule has 0 N–H and O–H groups in total. The van der Waals surface area contributed by atoms with Crippen molar-refractivity contribution in [1.29, 1.82) is 5.26 Å². The van der Waals surface area contributed by atoms with Crippen molar-refractivity contribution >= 4 is 54.0 Å². The van der Waals surface area contributed by atoms with Crippen LogP contribution in [0.3, 0.4) is 0 Å². The monoisotopic (exact) mass is 221 g/mol. The summed E-state index contributed by atoms with van der Waals surface area (Å²) in [5.41, 5.74) is 0. The van der Waals surface area contributed by atoms with Crippen LogP contribution >= 0.6 is 42.2 Å². The Kier molecular flexibility index (Phi) is 9.75. The molecule has 0 aliphatic rings. The van der Waals surface area contributed by atoms with E-state index in [1.165, 1.54) is 6.07 Å². The topological polar surface area (TPSA) is 23.8 Å². The lowest BCUT2D eigenvalue weighted by molar-refractivity contribution is 1.39. The highest BCUT2D eigenvalue weighted by Crippen LogP contribution is 2.23. The van der Waals surface area contributed by atoms with E-state index >= 15 is 0 Å². The minimum absolute atomic E-state index is 1.00. The highest BCUT2D eigenvalue weighted by atomic mass is 35.6. The van der Waals surface area contributed by atoms with Crippen molar-refractivity contribution in [2.45, 2.75) is 3.79 Å². The highest BCUT2D eigenvalue weighted by molar-refractivity contribution is 7.96. The van der Waals surface area contributed by atoms with E-state index in [1.807, 2.05) is 6.66 Å². The molecule has 0 aliphatic carbocycles. The SMILES string of the molecule is CP=S.N#CC(Cl)(Cl)Cl. The van der Waals surface area contributed by atoms with Gasteiger partial charge in [-0.3, -0.25) is 0 Å². The average molecular weight is 222 g/mol. The van der Waals surface area contributed by atoms with Crippen LogP contribution in [0, 0.1) is 11.3 Å². The first-order chi connectivity index (χ1) is 3.97. The summed E-state index contributed by atoms with van der Waals surface area (Å²) in [7, 11) is 1.00. The zero-order chi connectivity index (χ0) is 7.91. The maximum atomic E-state index is 7.76. The molecule has 9 heavy (non-hydrogen) atoms. The molecule has 0 spiro atoms. The summed E-state index contributed by atoms with van der Waals surface area (Å²) in [6.07, 6.45) is 0. The van der Waals surface area contributed by atoms with Crippen LogP contribution in [-0.2, 0) is 11.8 Å². The second-order valence-electron chi connectivity index (χ2n) is 0.792. The van der Waals surface area contributed by atoms with Gasteiger partial charge in [-0.1, -0.05) is 46.6 Å². The minimum Gasteiger partial charge on any atom is -0.194 e. The fourth-order valence-electron chi connectivity index (χ4n) is 0. The molecule has 0 aromatic carbocycles. The van der Waals surface area contributed by atoms with Gasteiger partial charge in [0.15, 0.2) is 0 Å². The molecule has 0 heterocycles. The summed E-state index contributed by atoms with van der Waals surface area (Å²) in [5.74, 6) is 0. The first-order valence-electron chi connectivity index (χ1n) is 1.67. The van der Waals surface area contributed by atoms with E-state index in [4.69, 9.17) is 40.1 Å². The van der Waals surface area contributed by atoms with Crippen molar-refractivity contribution < 1.29 is 0 Å². The third-order valence-electron chi connectivity index (χ3n) is 0.127. The molecule has 0 atom stereocenters. The number of nitriles is 1. The Morgan fingerprint density at radius 2 is 1.67 bits per heavy atom. The molecule has 0 amide bonds. The highest BCUT2D eigenvalue weighted by Gasteiger charge is 2.16. The zero-order valence-corrected chi connectivity index (χ0v) is 8.42. The summed E-state index contributed by atoms with van der Waals surface area (Å²) >= 11 is 19.0. The molecule has 0 fully saturated rings. The maximum Gasteiger partial charge on any atom is 0.277 e. The number of rotatable bonds is 0. The van der Waals surface area contributed by atoms with Gasteiger partial charge in [-0.15, -0.1) is 0 Å². The van der Waals surface area contributed by atoms with E-state index in [1.54, 1.807) is 0 Å². The quantitative estimate of drug-likeness (QED) is 0.465. The minimum atomic E-state index is -1.74. The zero-order valence-electron chi connectivity index (χ0n) is 4.44. The van der Waals surface area contributed by atoms with Crippen LogP contribution in [0.5, 0.6) is 0 Å². The molecule has 0 aromatic rings. The van der Waals surface area contributed by atoms with Gasteiger partial charge in [-0.05, 0) is 14.0 Å². The van der Waals surface area contributed by atoms with Crippen LogP contribution < -0.4 is 0 Å². The Morgan fingerprint density at radius 3 is 1.67 bits per heavy atom. The van der Waals surface area contributed by atoms with Crippen molar-refractivity contribution in [2.75, 3.05) is 6.66 Å². The van der Waals surface area contributed by atoms with Crippen LogP contribution in [0.25, 0.3) is 0 Å². The normalized spacial score (nSPS) is 9.22. The number of alkyl halides is 3. The summed E-state index contributed by atoms with van der Waals surface area (Å²) in [5, 5.41) is 7.76. The Labute approximate surface area is 75.7 Å². The van der Waals surface area contributed by atoms with Gasteiger partial charge in [0.25, 0.3) is 3.79 Å². The van der Waals surface area contributed by atoms with Gasteiger partial charge in [0.2, 0.25) is 0 Å². The molecule has 0 saturated carbocycles. The lowest BCUT2D eigenvalue weighted by atomic mass is 10.9. The van der Waals surface area contributed by atoms with Gasteiger partial charge >= 0.3 is 0 Å². The summed E-state index contributed by atoms with van der Waals surface area (Å²) in [6, 6.07) is 1.40. The molecular weight excluding hydrogens is 219 g/mol. The molecule has 0 radical (unpaired) electrons. The first kappa shape index (κ1) is 12.5. The number of hydrogen-bond acceptors (Lipinski definition) is 2. The van der Waals surface area contributed by atoms with Gasteiger partial charge in [-0.25, -0.2) is 0 Å². The fraction of sp³-hybridized carbons (Fsp3) is 0.667. The molecule has 0 unspecified atom stereocenters. The Hall–Kier alpha value is 0.880. The van der Waals surface area contributed by atoms with E-state index in [0.29, 0.717) is 0 Å². The molecule has 0 aromatic heterocycles. The second kappa shape index (κ2) is 6.99. The van der Waals surface area contributed by atoms with E-state index < -0.39 is 3.79 Å². The van der Waals surface area contributed by atoms with Crippen LogP contribution in [0.4, 0.5) is 0 Å². The van der Waals surface area contributed by atoms with Gasteiger partial charge < -0.3 is 0 Å². The molecule has 1 nitrogen and oxygen atoms in total. The standard InChI is InChI=1S/C2Cl3N.CH3PS/c3-2(4,5)1-6;1-2-3/h;1H3. The van der Waals surface area contributed by atoms with E-state index in [-0.39, 0.29) is 0 Å². The van der Waals surface area contributed by atoms with Crippen LogP contribution in [-0.4, -0.2) is 10.5 Å². The average Bonchev–Trinajstić information content (AvgIpc) is 1.67. The first-order valence-corrected chi connectivity index (χ1v) is 5.16. The van der Waals surface area contributed by atoms with E-state index in [2.05, 4.69) is 11.8 Å². The van der Waals surface area contributed by atoms with Crippen molar-refractivity contribution in [2.24, 2.45) is 0 Å². The van der Waals surface area contributed by atoms with Crippen LogP contribution in [0.15, 0.2) is 0 Å². The van der Waals surface area contributed by atoms with Gasteiger partial charge in [0.1, 0.15) is 6.07 Å². The van der Waals surface area contributed by atoms with Gasteiger partial charge in [-0.2, -0.15) is 5.26 Å². The number of nitrogens with zero attached hydrogens (tertiary/aromatic N) is 1.